The lowest BCUT2D eigenvalue weighted by Crippen LogP contribution is -2.40. The summed E-state index contributed by atoms with van der Waals surface area (Å²) in [6.45, 7) is 4.23. The summed E-state index contributed by atoms with van der Waals surface area (Å²) in [6.07, 6.45) is 0.752. The van der Waals surface area contributed by atoms with Gasteiger partial charge in [0.05, 0.1) is 17.1 Å². The molecule has 0 spiro atoms. The Morgan fingerprint density at radius 1 is 1.17 bits per heavy atom. The maximum atomic E-state index is 13.1. The Morgan fingerprint density at radius 3 is 2.60 bits per heavy atom. The van der Waals surface area contributed by atoms with E-state index in [9.17, 15) is 4.39 Å². The van der Waals surface area contributed by atoms with Gasteiger partial charge in [-0.2, -0.15) is 0 Å². The van der Waals surface area contributed by atoms with E-state index in [1.54, 1.807) is 26.3 Å². The van der Waals surface area contributed by atoms with Gasteiger partial charge in [-0.15, -0.1) is 24.0 Å². The lowest BCUT2D eigenvalue weighted by Gasteiger charge is -2.19. The molecule has 0 saturated carbocycles. The number of nitrogens with one attached hydrogen (secondary N) is 2. The van der Waals surface area contributed by atoms with Gasteiger partial charge in [-0.25, -0.2) is 9.37 Å². The minimum absolute atomic E-state index is 0. The fourth-order valence-corrected chi connectivity index (χ4v) is 3.35. The molecule has 0 radical (unpaired) electrons. The Bertz CT molecular complexity index is 958. The van der Waals surface area contributed by atoms with Crippen molar-refractivity contribution in [1.82, 2.24) is 20.2 Å². The van der Waals surface area contributed by atoms with Crippen molar-refractivity contribution in [2.75, 3.05) is 27.2 Å². The first-order valence-corrected chi connectivity index (χ1v) is 9.77. The molecule has 0 aliphatic rings. The van der Waals surface area contributed by atoms with Crippen molar-refractivity contribution in [2.24, 2.45) is 4.99 Å². The van der Waals surface area contributed by atoms with Crippen LogP contribution in [0.25, 0.3) is 11.0 Å². The molecule has 2 aromatic carbocycles. The summed E-state index contributed by atoms with van der Waals surface area (Å²) in [5.41, 5.74) is 3.11. The van der Waals surface area contributed by atoms with E-state index in [0.29, 0.717) is 12.5 Å². The van der Waals surface area contributed by atoms with Crippen LogP contribution in [0.15, 0.2) is 53.5 Å². The van der Waals surface area contributed by atoms with Gasteiger partial charge in [-0.1, -0.05) is 24.3 Å². The molecule has 3 rings (SSSR count). The number of rotatable bonds is 8. The SMILES string of the molecule is CN=C(NCCCn1c(C)nc2ccccc21)NCC(OC)c1ccc(F)cc1.I. The molecule has 1 aromatic heterocycles. The monoisotopic (exact) mass is 525 g/mol. The first-order chi connectivity index (χ1) is 14.1. The van der Waals surface area contributed by atoms with Crippen LogP contribution in [0.1, 0.15) is 23.9 Å². The van der Waals surface area contributed by atoms with Crippen LogP contribution in [0.3, 0.4) is 0 Å². The second-order valence-electron chi connectivity index (χ2n) is 6.81. The fraction of sp³-hybridized carbons (Fsp3) is 0.364. The third-order valence-electron chi connectivity index (χ3n) is 4.90. The van der Waals surface area contributed by atoms with E-state index in [2.05, 4.69) is 31.2 Å². The molecule has 1 heterocycles. The lowest BCUT2D eigenvalue weighted by atomic mass is 10.1. The van der Waals surface area contributed by atoms with Gasteiger partial charge in [0.25, 0.3) is 0 Å². The number of halogens is 2. The van der Waals surface area contributed by atoms with E-state index >= 15 is 0 Å². The van der Waals surface area contributed by atoms with Gasteiger partial charge in [0.1, 0.15) is 11.6 Å². The van der Waals surface area contributed by atoms with Crippen LogP contribution in [-0.4, -0.2) is 42.8 Å². The number of aliphatic imine (C=N–C) groups is 1. The highest BCUT2D eigenvalue weighted by atomic mass is 127. The zero-order valence-corrected chi connectivity index (χ0v) is 19.9. The molecule has 1 atom stereocenters. The summed E-state index contributed by atoms with van der Waals surface area (Å²) in [5.74, 6) is 1.48. The van der Waals surface area contributed by atoms with Gasteiger partial charge < -0.3 is 19.9 Å². The summed E-state index contributed by atoms with van der Waals surface area (Å²) >= 11 is 0. The number of hydrogen-bond donors (Lipinski definition) is 2. The van der Waals surface area contributed by atoms with Crippen LogP contribution >= 0.6 is 24.0 Å². The number of aryl methyl sites for hydroxylation is 2. The molecule has 0 bridgehead atoms. The summed E-state index contributed by atoms with van der Waals surface area (Å²) in [7, 11) is 3.38. The molecule has 8 heteroatoms. The molecule has 0 amide bonds. The number of para-hydroxylation sites is 2. The van der Waals surface area contributed by atoms with Crippen molar-refractivity contribution < 1.29 is 9.13 Å². The predicted octanol–water partition coefficient (Wildman–Crippen LogP) is 4.04. The fourth-order valence-electron chi connectivity index (χ4n) is 3.35. The highest BCUT2D eigenvalue weighted by Gasteiger charge is 2.11. The van der Waals surface area contributed by atoms with Crippen LogP contribution in [0.2, 0.25) is 0 Å². The quantitative estimate of drug-likeness (QED) is 0.202. The Kier molecular flexibility index (Phi) is 9.51. The van der Waals surface area contributed by atoms with Crippen molar-refractivity contribution in [3.8, 4) is 0 Å². The van der Waals surface area contributed by atoms with Gasteiger partial charge in [-0.3, -0.25) is 4.99 Å². The van der Waals surface area contributed by atoms with E-state index in [4.69, 9.17) is 4.74 Å². The van der Waals surface area contributed by atoms with E-state index in [1.807, 2.05) is 25.1 Å². The highest BCUT2D eigenvalue weighted by Crippen LogP contribution is 2.17. The summed E-state index contributed by atoms with van der Waals surface area (Å²) < 4.78 is 20.9. The van der Waals surface area contributed by atoms with Crippen molar-refractivity contribution in [3.63, 3.8) is 0 Å². The van der Waals surface area contributed by atoms with E-state index in [1.165, 1.54) is 12.1 Å². The summed E-state index contributed by atoms with van der Waals surface area (Å²) in [5, 5.41) is 6.60. The number of aromatic nitrogens is 2. The third kappa shape index (κ3) is 6.15. The second-order valence-corrected chi connectivity index (χ2v) is 6.81. The third-order valence-corrected chi connectivity index (χ3v) is 4.90. The molecule has 6 nitrogen and oxygen atoms in total. The summed E-state index contributed by atoms with van der Waals surface area (Å²) in [4.78, 5) is 8.87. The molecule has 0 aliphatic heterocycles. The maximum Gasteiger partial charge on any atom is 0.191 e. The van der Waals surface area contributed by atoms with E-state index in [0.717, 1.165) is 41.9 Å². The standard InChI is InChI=1S/C22H28FN5O.HI/c1-16-27-19-7-4-5-8-20(19)28(16)14-6-13-25-22(24-2)26-15-21(29-3)17-9-11-18(23)12-10-17;/h4-5,7-12,21H,6,13-15H2,1-3H3,(H2,24,25,26);1H. The van der Waals surface area contributed by atoms with Crippen LogP contribution in [0.4, 0.5) is 4.39 Å². The van der Waals surface area contributed by atoms with E-state index < -0.39 is 0 Å². The van der Waals surface area contributed by atoms with Crippen LogP contribution < -0.4 is 10.6 Å². The number of methoxy groups -OCH3 is 1. The number of benzene rings is 2. The van der Waals surface area contributed by atoms with Crippen molar-refractivity contribution in [1.29, 1.82) is 0 Å². The lowest BCUT2D eigenvalue weighted by molar-refractivity contribution is 0.106. The number of imidazole rings is 1. The second kappa shape index (κ2) is 11.8. The Balaban J connectivity index is 0.00000320. The molecule has 162 valence electrons. The number of nitrogens with zero attached hydrogens (tertiary/aromatic N) is 3. The predicted molar refractivity (Wildman–Crippen MR) is 130 cm³/mol. The Morgan fingerprint density at radius 2 is 1.90 bits per heavy atom. The molecular formula is C22H29FIN5O. The first kappa shape index (κ1) is 24.1. The van der Waals surface area contributed by atoms with Crippen LogP contribution in [-0.2, 0) is 11.3 Å². The minimum Gasteiger partial charge on any atom is -0.375 e. The zero-order chi connectivity index (χ0) is 20.6. The molecule has 30 heavy (non-hydrogen) atoms. The van der Waals surface area contributed by atoms with Crippen molar-refractivity contribution >= 4 is 41.0 Å². The normalized spacial score (nSPS) is 12.5. The van der Waals surface area contributed by atoms with Gasteiger partial charge in [0.2, 0.25) is 0 Å². The molecule has 1 unspecified atom stereocenters. The van der Waals surface area contributed by atoms with Gasteiger partial charge in [0.15, 0.2) is 5.96 Å². The van der Waals surface area contributed by atoms with Crippen LogP contribution in [0, 0.1) is 12.7 Å². The molecular weight excluding hydrogens is 496 g/mol. The van der Waals surface area contributed by atoms with Crippen molar-refractivity contribution in [2.45, 2.75) is 26.0 Å². The van der Waals surface area contributed by atoms with Gasteiger partial charge in [-0.05, 0) is 43.2 Å². The first-order valence-electron chi connectivity index (χ1n) is 9.77. The Hall–Kier alpha value is -2.20. The highest BCUT2D eigenvalue weighted by molar-refractivity contribution is 14.0. The summed E-state index contributed by atoms with van der Waals surface area (Å²) in [6, 6.07) is 14.5. The number of hydrogen-bond acceptors (Lipinski definition) is 3. The molecule has 0 fully saturated rings. The molecule has 3 aromatic rings. The molecule has 2 N–H and O–H groups in total. The van der Waals surface area contributed by atoms with E-state index in [-0.39, 0.29) is 35.9 Å². The van der Waals surface area contributed by atoms with Crippen molar-refractivity contribution in [3.05, 3.63) is 65.7 Å². The average molecular weight is 525 g/mol. The number of fused-ring (bicyclic) bond motifs is 1. The smallest absolute Gasteiger partial charge is 0.191 e. The van der Waals surface area contributed by atoms with Crippen LogP contribution in [0.5, 0.6) is 0 Å². The molecule has 0 saturated heterocycles. The minimum atomic E-state index is -0.255. The topological polar surface area (TPSA) is 63.5 Å². The van der Waals surface area contributed by atoms with Gasteiger partial charge in [0, 0.05) is 33.8 Å². The largest absolute Gasteiger partial charge is 0.375 e. The zero-order valence-electron chi connectivity index (χ0n) is 17.6. The number of guanidine groups is 1. The molecule has 0 aliphatic carbocycles. The number of ether oxygens (including phenoxy) is 1. The Labute approximate surface area is 194 Å². The maximum absolute atomic E-state index is 13.1. The van der Waals surface area contributed by atoms with Gasteiger partial charge >= 0.3 is 0 Å². The average Bonchev–Trinajstić information content (AvgIpc) is 3.06.